The number of imidazole rings is 1. The van der Waals surface area contributed by atoms with Gasteiger partial charge in [-0.15, -0.1) is 11.3 Å². The Bertz CT molecular complexity index is 603. The fourth-order valence-electron chi connectivity index (χ4n) is 3.08. The van der Waals surface area contributed by atoms with Crippen LogP contribution in [0, 0.1) is 10.8 Å². The van der Waals surface area contributed by atoms with E-state index < -0.39 is 11.4 Å². The molecule has 0 unspecified atom stereocenters. The van der Waals surface area contributed by atoms with Gasteiger partial charge in [-0.2, -0.15) is 0 Å². The summed E-state index contributed by atoms with van der Waals surface area (Å²) in [7, 11) is 0. The van der Waals surface area contributed by atoms with Gasteiger partial charge >= 0.3 is 5.97 Å². The number of aliphatic carboxylic acids is 1. The molecule has 1 aliphatic rings. The average Bonchev–Trinajstić information content (AvgIpc) is 2.92. The predicted molar refractivity (Wildman–Crippen MR) is 79.1 cm³/mol. The summed E-state index contributed by atoms with van der Waals surface area (Å²) in [6, 6.07) is 0. The lowest BCUT2D eigenvalue weighted by molar-refractivity contribution is -0.152. The van der Waals surface area contributed by atoms with Gasteiger partial charge in [0.1, 0.15) is 0 Å². The highest BCUT2D eigenvalue weighted by Crippen LogP contribution is 2.46. The Balaban J connectivity index is 1.84. The zero-order valence-corrected chi connectivity index (χ0v) is 12.7. The monoisotopic (exact) mass is 292 g/mol. The maximum atomic E-state index is 11.8. The van der Waals surface area contributed by atoms with Gasteiger partial charge in [-0.3, -0.25) is 9.20 Å². The van der Waals surface area contributed by atoms with Crippen LogP contribution in [-0.4, -0.2) is 20.5 Å². The molecular weight excluding hydrogens is 272 g/mol. The molecule has 4 nitrogen and oxygen atoms in total. The molecule has 1 saturated carbocycles. The van der Waals surface area contributed by atoms with Crippen molar-refractivity contribution in [3.05, 3.63) is 23.5 Å². The predicted octanol–water partition coefficient (Wildman–Crippen LogP) is 3.61. The largest absolute Gasteiger partial charge is 0.481 e. The van der Waals surface area contributed by atoms with Crippen molar-refractivity contribution in [3.63, 3.8) is 0 Å². The van der Waals surface area contributed by atoms with Gasteiger partial charge in [0.25, 0.3) is 0 Å². The van der Waals surface area contributed by atoms with Gasteiger partial charge in [-0.05, 0) is 31.1 Å². The molecule has 2 aromatic heterocycles. The number of carbonyl (C=O) groups is 1. The molecule has 0 radical (unpaired) electrons. The van der Waals surface area contributed by atoms with Crippen molar-refractivity contribution in [2.24, 2.45) is 10.8 Å². The Morgan fingerprint density at radius 1 is 1.40 bits per heavy atom. The summed E-state index contributed by atoms with van der Waals surface area (Å²) in [4.78, 5) is 17.3. The van der Waals surface area contributed by atoms with Crippen molar-refractivity contribution in [2.75, 3.05) is 0 Å². The number of nitrogens with zero attached hydrogens (tertiary/aromatic N) is 2. The molecule has 0 amide bonds. The van der Waals surface area contributed by atoms with Crippen LogP contribution in [0.2, 0.25) is 0 Å². The molecule has 3 rings (SSSR count). The molecule has 0 aromatic carbocycles. The summed E-state index contributed by atoms with van der Waals surface area (Å²) < 4.78 is 1.97. The van der Waals surface area contributed by atoms with Crippen molar-refractivity contribution < 1.29 is 9.90 Å². The normalized spacial score (nSPS) is 21.1. The minimum atomic E-state index is -0.663. The Morgan fingerprint density at radius 2 is 2.10 bits per heavy atom. The first-order chi connectivity index (χ1) is 9.40. The van der Waals surface area contributed by atoms with Crippen molar-refractivity contribution in [1.82, 2.24) is 9.38 Å². The lowest BCUT2D eigenvalue weighted by Crippen LogP contribution is -2.39. The van der Waals surface area contributed by atoms with Gasteiger partial charge < -0.3 is 5.11 Å². The van der Waals surface area contributed by atoms with Gasteiger partial charge in [-0.25, -0.2) is 4.98 Å². The zero-order chi connectivity index (χ0) is 14.4. The quantitative estimate of drug-likeness (QED) is 0.940. The Labute approximate surface area is 122 Å². The molecule has 0 aliphatic heterocycles. The highest BCUT2D eigenvalue weighted by Gasteiger charge is 2.44. The molecule has 5 heteroatoms. The minimum Gasteiger partial charge on any atom is -0.481 e. The molecule has 0 spiro atoms. The summed E-state index contributed by atoms with van der Waals surface area (Å²) in [6.07, 6.45) is 7.93. The van der Waals surface area contributed by atoms with E-state index in [2.05, 4.69) is 18.8 Å². The van der Waals surface area contributed by atoms with Crippen LogP contribution in [0.25, 0.3) is 4.96 Å². The lowest BCUT2D eigenvalue weighted by atomic mass is 9.63. The standard InChI is InChI=1S/C15H20N2O2S/c1-14(2)3-5-15(6-4-14,12(18)19)9-11-10-17-7-8-20-13(17)16-11/h7-8,10H,3-6,9H2,1-2H3,(H,18,19). The number of rotatable bonds is 3. The summed E-state index contributed by atoms with van der Waals surface area (Å²) in [5.74, 6) is -0.663. The second kappa shape index (κ2) is 4.58. The molecule has 20 heavy (non-hydrogen) atoms. The SMILES string of the molecule is CC1(C)CCC(Cc2cn3ccsc3n2)(C(=O)O)CC1. The molecule has 0 bridgehead atoms. The van der Waals surface area contributed by atoms with Gasteiger partial charge in [0.2, 0.25) is 0 Å². The molecule has 0 saturated heterocycles. The number of carboxylic acid groups (broad SMARTS) is 1. The first-order valence-electron chi connectivity index (χ1n) is 7.05. The maximum absolute atomic E-state index is 11.8. The van der Waals surface area contributed by atoms with Crippen molar-refractivity contribution in [1.29, 1.82) is 0 Å². The molecule has 108 valence electrons. The average molecular weight is 292 g/mol. The van der Waals surface area contributed by atoms with E-state index in [0.29, 0.717) is 6.42 Å². The van der Waals surface area contributed by atoms with E-state index in [-0.39, 0.29) is 5.41 Å². The molecular formula is C15H20N2O2S. The van der Waals surface area contributed by atoms with Crippen LogP contribution in [0.5, 0.6) is 0 Å². The fraction of sp³-hybridized carbons (Fsp3) is 0.600. The number of fused-ring (bicyclic) bond motifs is 1. The first-order valence-corrected chi connectivity index (χ1v) is 7.93. The number of aromatic nitrogens is 2. The second-order valence-electron chi connectivity index (χ2n) is 6.75. The highest BCUT2D eigenvalue weighted by molar-refractivity contribution is 7.15. The Kier molecular flexibility index (Phi) is 3.12. The second-order valence-corrected chi connectivity index (χ2v) is 7.62. The number of hydrogen-bond donors (Lipinski definition) is 1. The van der Waals surface area contributed by atoms with Gasteiger partial charge in [-0.1, -0.05) is 13.8 Å². The van der Waals surface area contributed by atoms with Crippen LogP contribution < -0.4 is 0 Å². The van der Waals surface area contributed by atoms with E-state index in [0.717, 1.165) is 36.3 Å². The highest BCUT2D eigenvalue weighted by atomic mass is 32.1. The molecule has 1 aliphatic carbocycles. The van der Waals surface area contributed by atoms with Gasteiger partial charge in [0.05, 0.1) is 11.1 Å². The Hall–Kier alpha value is -1.36. The smallest absolute Gasteiger partial charge is 0.310 e. The molecule has 1 fully saturated rings. The summed E-state index contributed by atoms with van der Waals surface area (Å²) in [6.45, 7) is 4.46. The molecule has 0 atom stereocenters. The van der Waals surface area contributed by atoms with Crippen molar-refractivity contribution in [2.45, 2.75) is 46.0 Å². The van der Waals surface area contributed by atoms with Crippen LogP contribution in [0.4, 0.5) is 0 Å². The Morgan fingerprint density at radius 3 is 2.70 bits per heavy atom. The van der Waals surface area contributed by atoms with E-state index in [9.17, 15) is 9.90 Å². The number of thiazole rings is 1. The third-order valence-electron chi connectivity index (χ3n) is 4.68. The van der Waals surface area contributed by atoms with E-state index in [1.54, 1.807) is 11.3 Å². The molecule has 2 heterocycles. The summed E-state index contributed by atoms with van der Waals surface area (Å²) >= 11 is 1.58. The van der Waals surface area contributed by atoms with E-state index in [1.165, 1.54) is 0 Å². The minimum absolute atomic E-state index is 0.271. The third-order valence-corrected chi connectivity index (χ3v) is 5.45. The van der Waals surface area contributed by atoms with Crippen molar-refractivity contribution in [3.8, 4) is 0 Å². The zero-order valence-electron chi connectivity index (χ0n) is 11.9. The first kappa shape index (κ1) is 13.6. The van der Waals surface area contributed by atoms with Crippen LogP contribution in [0.3, 0.4) is 0 Å². The fourth-order valence-corrected chi connectivity index (χ4v) is 3.80. The van der Waals surface area contributed by atoms with Crippen LogP contribution in [0.1, 0.15) is 45.2 Å². The summed E-state index contributed by atoms with van der Waals surface area (Å²) in [5, 5.41) is 11.7. The van der Waals surface area contributed by atoms with Crippen LogP contribution >= 0.6 is 11.3 Å². The van der Waals surface area contributed by atoms with Crippen LogP contribution in [-0.2, 0) is 11.2 Å². The maximum Gasteiger partial charge on any atom is 0.310 e. The summed E-state index contributed by atoms with van der Waals surface area (Å²) in [5.41, 5.74) is 0.548. The van der Waals surface area contributed by atoms with E-state index >= 15 is 0 Å². The van der Waals surface area contributed by atoms with Gasteiger partial charge in [0, 0.05) is 24.2 Å². The number of hydrogen-bond acceptors (Lipinski definition) is 3. The third kappa shape index (κ3) is 2.35. The molecule has 1 N–H and O–H groups in total. The molecule has 2 aromatic rings. The van der Waals surface area contributed by atoms with Crippen molar-refractivity contribution >= 4 is 22.3 Å². The van der Waals surface area contributed by atoms with Gasteiger partial charge in [0.15, 0.2) is 4.96 Å². The topological polar surface area (TPSA) is 54.6 Å². The lowest BCUT2D eigenvalue weighted by Gasteiger charge is -2.40. The number of carboxylic acids is 1. The van der Waals surface area contributed by atoms with Crippen LogP contribution in [0.15, 0.2) is 17.8 Å². The van der Waals surface area contributed by atoms with E-state index in [4.69, 9.17) is 0 Å². The van der Waals surface area contributed by atoms with E-state index in [1.807, 2.05) is 22.2 Å².